The number of aliphatic hydroxyl groups excluding tert-OH is 1. The molecule has 0 radical (unpaired) electrons. The molecule has 112 valence electrons. The summed E-state index contributed by atoms with van der Waals surface area (Å²) in [4.78, 5) is 0. The summed E-state index contributed by atoms with van der Waals surface area (Å²) in [5.74, 6) is -1.50. The normalized spacial score (nSPS) is 13.2. The van der Waals surface area contributed by atoms with E-state index in [1.807, 2.05) is 0 Å². The number of alkyl halides is 3. The highest BCUT2D eigenvalue weighted by atomic mass is 19.4. The van der Waals surface area contributed by atoms with Gasteiger partial charge in [0.25, 0.3) is 0 Å². The van der Waals surface area contributed by atoms with Crippen LogP contribution in [0.25, 0.3) is 0 Å². The van der Waals surface area contributed by atoms with Crippen LogP contribution in [0.4, 0.5) is 22.0 Å². The van der Waals surface area contributed by atoms with Crippen molar-refractivity contribution in [1.82, 2.24) is 0 Å². The third kappa shape index (κ3) is 3.58. The van der Waals surface area contributed by atoms with E-state index in [-0.39, 0.29) is 11.1 Å². The minimum absolute atomic E-state index is 0.181. The van der Waals surface area contributed by atoms with E-state index < -0.39 is 35.9 Å². The molecule has 1 nitrogen and oxygen atoms in total. The molecular formula is C15H11F5O. The van der Waals surface area contributed by atoms with Gasteiger partial charge in [-0.15, -0.1) is 0 Å². The van der Waals surface area contributed by atoms with E-state index >= 15 is 0 Å². The molecule has 1 atom stereocenters. The van der Waals surface area contributed by atoms with Gasteiger partial charge in [-0.25, -0.2) is 8.78 Å². The van der Waals surface area contributed by atoms with E-state index in [9.17, 15) is 27.1 Å². The Bertz CT molecular complexity index is 636. The summed E-state index contributed by atoms with van der Waals surface area (Å²) >= 11 is 0. The third-order valence-corrected chi connectivity index (χ3v) is 3.05. The number of aliphatic hydroxyl groups is 1. The molecule has 1 unspecified atom stereocenters. The van der Waals surface area contributed by atoms with Gasteiger partial charge in [0.15, 0.2) is 0 Å². The summed E-state index contributed by atoms with van der Waals surface area (Å²) in [6, 6.07) is 7.11. The fourth-order valence-electron chi connectivity index (χ4n) is 2.06. The van der Waals surface area contributed by atoms with Crippen molar-refractivity contribution in [2.75, 3.05) is 0 Å². The van der Waals surface area contributed by atoms with Gasteiger partial charge in [-0.3, -0.25) is 0 Å². The summed E-state index contributed by atoms with van der Waals surface area (Å²) in [6.45, 7) is 0. The number of hydrogen-bond donors (Lipinski definition) is 1. The molecule has 6 heteroatoms. The molecule has 0 bridgehead atoms. The van der Waals surface area contributed by atoms with Crippen LogP contribution < -0.4 is 0 Å². The van der Waals surface area contributed by atoms with Gasteiger partial charge >= 0.3 is 6.18 Å². The SMILES string of the molecule is OC(Cc1cc(F)ccc1F)c1ccccc1C(F)(F)F. The van der Waals surface area contributed by atoms with Crippen LogP contribution in [0.2, 0.25) is 0 Å². The highest BCUT2D eigenvalue weighted by Crippen LogP contribution is 2.35. The maximum atomic E-state index is 13.5. The Labute approximate surface area is 117 Å². The lowest BCUT2D eigenvalue weighted by Crippen LogP contribution is -2.13. The monoisotopic (exact) mass is 302 g/mol. The van der Waals surface area contributed by atoms with Crippen LogP contribution in [0, 0.1) is 11.6 Å². The Morgan fingerprint density at radius 1 is 1.00 bits per heavy atom. The quantitative estimate of drug-likeness (QED) is 0.840. The first-order chi connectivity index (χ1) is 9.79. The zero-order chi connectivity index (χ0) is 15.6. The van der Waals surface area contributed by atoms with Crippen LogP contribution in [-0.2, 0) is 12.6 Å². The molecule has 2 aromatic carbocycles. The standard InChI is InChI=1S/C15H11F5O/c16-10-5-6-13(17)9(7-10)8-14(21)11-3-1-2-4-12(11)15(18,19)20/h1-7,14,21H,8H2. The lowest BCUT2D eigenvalue weighted by atomic mass is 9.96. The fourth-order valence-corrected chi connectivity index (χ4v) is 2.06. The Balaban J connectivity index is 2.33. The molecule has 0 spiro atoms. The van der Waals surface area contributed by atoms with Crippen molar-refractivity contribution in [1.29, 1.82) is 0 Å². The van der Waals surface area contributed by atoms with E-state index in [1.165, 1.54) is 12.1 Å². The maximum absolute atomic E-state index is 13.5. The summed E-state index contributed by atoms with van der Waals surface area (Å²) in [5, 5.41) is 9.94. The van der Waals surface area contributed by atoms with Gasteiger partial charge in [-0.1, -0.05) is 18.2 Å². The van der Waals surface area contributed by atoms with Crippen LogP contribution in [-0.4, -0.2) is 5.11 Å². The van der Waals surface area contributed by atoms with Crippen LogP contribution in [0.15, 0.2) is 42.5 Å². The second kappa shape index (κ2) is 5.81. The summed E-state index contributed by atoms with van der Waals surface area (Å²) in [5.41, 5.74) is -1.54. The van der Waals surface area contributed by atoms with Crippen LogP contribution >= 0.6 is 0 Å². The van der Waals surface area contributed by atoms with Crippen molar-refractivity contribution in [3.05, 3.63) is 70.8 Å². The van der Waals surface area contributed by atoms with E-state index in [0.717, 1.165) is 30.3 Å². The second-order valence-corrected chi connectivity index (χ2v) is 4.54. The Hall–Kier alpha value is -1.95. The molecule has 0 aliphatic carbocycles. The predicted molar refractivity (Wildman–Crippen MR) is 66.5 cm³/mol. The third-order valence-electron chi connectivity index (χ3n) is 3.05. The minimum Gasteiger partial charge on any atom is -0.388 e. The topological polar surface area (TPSA) is 20.2 Å². The molecule has 0 saturated heterocycles. The Kier molecular flexibility index (Phi) is 4.27. The van der Waals surface area contributed by atoms with Crippen molar-refractivity contribution < 1.29 is 27.1 Å². The molecule has 2 aromatic rings. The van der Waals surface area contributed by atoms with Crippen molar-refractivity contribution >= 4 is 0 Å². The highest BCUT2D eigenvalue weighted by molar-refractivity contribution is 5.33. The average Bonchev–Trinajstić information content (AvgIpc) is 2.42. The van der Waals surface area contributed by atoms with E-state index in [2.05, 4.69) is 0 Å². The van der Waals surface area contributed by atoms with Crippen LogP contribution in [0.1, 0.15) is 22.8 Å². The summed E-state index contributed by atoms with van der Waals surface area (Å²) < 4.78 is 65.1. The summed E-state index contributed by atoms with van der Waals surface area (Å²) in [7, 11) is 0. The van der Waals surface area contributed by atoms with Crippen molar-refractivity contribution in [3.63, 3.8) is 0 Å². The number of rotatable bonds is 3. The smallest absolute Gasteiger partial charge is 0.388 e. The van der Waals surface area contributed by atoms with Gasteiger partial charge in [0.1, 0.15) is 11.6 Å². The first-order valence-electron chi connectivity index (χ1n) is 6.07. The van der Waals surface area contributed by atoms with Gasteiger partial charge in [0, 0.05) is 6.42 Å². The molecule has 1 N–H and O–H groups in total. The maximum Gasteiger partial charge on any atom is 0.416 e. The molecule has 0 saturated carbocycles. The number of benzene rings is 2. The largest absolute Gasteiger partial charge is 0.416 e. The molecule has 0 amide bonds. The lowest BCUT2D eigenvalue weighted by molar-refractivity contribution is -0.139. The van der Waals surface area contributed by atoms with Crippen molar-refractivity contribution in [3.8, 4) is 0 Å². The zero-order valence-electron chi connectivity index (χ0n) is 10.7. The molecular weight excluding hydrogens is 291 g/mol. The second-order valence-electron chi connectivity index (χ2n) is 4.54. The zero-order valence-corrected chi connectivity index (χ0v) is 10.7. The first-order valence-corrected chi connectivity index (χ1v) is 6.07. The number of halogens is 5. The average molecular weight is 302 g/mol. The Morgan fingerprint density at radius 3 is 2.33 bits per heavy atom. The fraction of sp³-hybridized carbons (Fsp3) is 0.200. The lowest BCUT2D eigenvalue weighted by Gasteiger charge is -2.17. The molecule has 21 heavy (non-hydrogen) atoms. The van der Waals surface area contributed by atoms with E-state index in [0.29, 0.717) is 0 Å². The predicted octanol–water partition coefficient (Wildman–Crippen LogP) is 4.26. The van der Waals surface area contributed by atoms with Gasteiger partial charge < -0.3 is 5.11 Å². The molecule has 0 aliphatic heterocycles. The number of hydrogen-bond acceptors (Lipinski definition) is 1. The molecule has 0 fully saturated rings. The van der Waals surface area contributed by atoms with Gasteiger partial charge in [-0.2, -0.15) is 13.2 Å². The van der Waals surface area contributed by atoms with Crippen molar-refractivity contribution in [2.24, 2.45) is 0 Å². The van der Waals surface area contributed by atoms with Crippen LogP contribution in [0.5, 0.6) is 0 Å². The molecule has 2 rings (SSSR count). The van der Waals surface area contributed by atoms with Gasteiger partial charge in [0.05, 0.1) is 11.7 Å². The highest BCUT2D eigenvalue weighted by Gasteiger charge is 2.34. The van der Waals surface area contributed by atoms with E-state index in [4.69, 9.17) is 0 Å². The van der Waals surface area contributed by atoms with E-state index in [1.54, 1.807) is 0 Å². The Morgan fingerprint density at radius 2 is 1.67 bits per heavy atom. The van der Waals surface area contributed by atoms with Crippen LogP contribution in [0.3, 0.4) is 0 Å². The minimum atomic E-state index is -4.63. The summed E-state index contributed by atoms with van der Waals surface area (Å²) in [6.07, 6.45) is -6.66. The van der Waals surface area contributed by atoms with Gasteiger partial charge in [-0.05, 0) is 35.4 Å². The molecule has 0 aliphatic rings. The molecule has 0 aromatic heterocycles. The van der Waals surface area contributed by atoms with Crippen molar-refractivity contribution in [2.45, 2.75) is 18.7 Å². The van der Waals surface area contributed by atoms with Gasteiger partial charge in [0.2, 0.25) is 0 Å². The molecule has 0 heterocycles. The first kappa shape index (κ1) is 15.4.